The van der Waals surface area contributed by atoms with Crippen LogP contribution < -0.4 is 21.3 Å². The zero-order valence-corrected chi connectivity index (χ0v) is 67.0. The quantitative estimate of drug-likeness (QED) is 0.0639. The number of carbonyl (C=O) groups excluding carboxylic acids is 11. The second kappa shape index (κ2) is 42.0. The van der Waals surface area contributed by atoms with Gasteiger partial charge in [-0.3, -0.25) is 57.6 Å². The van der Waals surface area contributed by atoms with E-state index in [-0.39, 0.29) is 67.9 Å². The van der Waals surface area contributed by atoms with Gasteiger partial charge in [0.15, 0.2) is 0 Å². The van der Waals surface area contributed by atoms with Crippen LogP contribution >= 0.6 is 11.8 Å². The number of aliphatic hydroxyl groups is 1. The van der Waals surface area contributed by atoms with Crippen molar-refractivity contribution in [1.29, 1.82) is 0 Å². The molecular weight excluding hydrogens is 1290 g/mol. The minimum atomic E-state index is -1.56. The van der Waals surface area contributed by atoms with E-state index in [0.717, 1.165) is 39.1 Å². The highest BCUT2D eigenvalue weighted by Gasteiger charge is 2.46. The lowest BCUT2D eigenvalue weighted by Gasteiger charge is -2.41. The molecule has 2 fully saturated rings. The number of piperazine rings is 1. The summed E-state index contributed by atoms with van der Waals surface area (Å²) in [4.78, 5) is 179. The lowest BCUT2D eigenvalue weighted by molar-refractivity contribution is -0.156. The summed E-state index contributed by atoms with van der Waals surface area (Å²) in [5.41, 5.74) is -1.56. The third kappa shape index (κ3) is 27.1. The van der Waals surface area contributed by atoms with Crippen molar-refractivity contribution in [2.45, 2.75) is 267 Å². The lowest BCUT2D eigenvalue weighted by Crippen LogP contribution is -2.62. The molecule has 2 saturated heterocycles. The number of rotatable bonds is 23. The van der Waals surface area contributed by atoms with Gasteiger partial charge in [0.25, 0.3) is 0 Å². The lowest BCUT2D eigenvalue weighted by atomic mass is 9.93. The van der Waals surface area contributed by atoms with Gasteiger partial charge in [-0.25, -0.2) is 0 Å². The Morgan fingerprint density at radius 1 is 0.510 bits per heavy atom. The molecule has 2 heterocycles. The molecule has 2 aliphatic heterocycles. The number of nitrogens with one attached hydrogen (secondary N) is 4. The molecule has 2 aliphatic rings. The van der Waals surface area contributed by atoms with Crippen LogP contribution in [0.4, 0.5) is 0 Å². The van der Waals surface area contributed by atoms with Crippen molar-refractivity contribution in [2.75, 3.05) is 93.6 Å². The maximum absolute atomic E-state index is 15.6. The van der Waals surface area contributed by atoms with Crippen LogP contribution in [-0.2, 0) is 52.7 Å². The molecule has 11 amide bonds. The van der Waals surface area contributed by atoms with Crippen LogP contribution in [-0.4, -0.2) is 286 Å². The second-order valence-electron chi connectivity index (χ2n) is 31.4. The zero-order valence-electron chi connectivity index (χ0n) is 66.2. The van der Waals surface area contributed by atoms with Gasteiger partial charge in [0.05, 0.1) is 5.60 Å². The van der Waals surface area contributed by atoms with Crippen LogP contribution in [0, 0.1) is 35.5 Å². The Hall–Kier alpha value is -5.86. The van der Waals surface area contributed by atoms with Crippen LogP contribution in [0.1, 0.15) is 189 Å². The smallest absolute Gasteiger partial charge is 0.246 e. The molecule has 0 aromatic rings. The van der Waals surface area contributed by atoms with Crippen molar-refractivity contribution in [3.63, 3.8) is 0 Å². The summed E-state index contributed by atoms with van der Waals surface area (Å²) in [5.74, 6) is -7.88. The third-order valence-electron chi connectivity index (χ3n) is 19.7. The van der Waals surface area contributed by atoms with Crippen LogP contribution in [0.5, 0.6) is 0 Å². The van der Waals surface area contributed by atoms with Gasteiger partial charge in [0, 0.05) is 93.7 Å². The van der Waals surface area contributed by atoms with E-state index in [1.165, 1.54) is 123 Å². The Labute approximate surface area is 605 Å². The average Bonchev–Trinajstić information content (AvgIpc) is 0.812. The van der Waals surface area contributed by atoms with Gasteiger partial charge in [-0.2, -0.15) is 11.8 Å². The van der Waals surface area contributed by atoms with E-state index in [1.54, 1.807) is 34.6 Å². The second-order valence-corrected chi connectivity index (χ2v) is 32.5. The highest BCUT2D eigenvalue weighted by atomic mass is 32.2. The number of likely N-dealkylation sites (N-methyl/N-ethyl adjacent to an activating group) is 7. The third-order valence-corrected chi connectivity index (χ3v) is 20.8. The fraction of sp³-hybridized carbons (Fsp3) is 0.824. The Balaban J connectivity index is 3.08. The van der Waals surface area contributed by atoms with E-state index in [2.05, 4.69) is 44.9 Å². The number of thioether (sulfide) groups is 1. The highest BCUT2D eigenvalue weighted by molar-refractivity contribution is 7.99. The van der Waals surface area contributed by atoms with Crippen molar-refractivity contribution >= 4 is 76.7 Å². The molecule has 574 valence electrons. The SMILES string of the molecule is C/C=C/C[C@@H](C)C[C@@H]1C(=O)N[C@H](CC)C(=O)N(C)[C@H](CSCCCN2CCN(C(C)C)CC2)C(=O)N(C)[C@@H](CC(C)(C)O)C(=O)N[C@H](C(C)C)C(=O)N(C)[C@H](CCC(C)C)C(=O)N[C@H](C)C(=O)N[C@@H](C)C(=O)N(C)[C@@H](CC(C)C)C(=O)N(C)[C@H](CC(C)C)C(=O)N(C)[C@H](C(C)C)C(=O)N1C. The molecule has 5 N–H and O–H groups in total. The average molecular weight is 1430 g/mol. The summed E-state index contributed by atoms with van der Waals surface area (Å²) >= 11 is 1.47. The van der Waals surface area contributed by atoms with E-state index in [1.807, 2.05) is 67.5 Å². The van der Waals surface area contributed by atoms with E-state index >= 15 is 38.4 Å². The Kier molecular flexibility index (Phi) is 37.9. The fourth-order valence-corrected chi connectivity index (χ4v) is 14.2. The summed E-state index contributed by atoms with van der Waals surface area (Å²) in [6, 6.07) is -13.0. The minimum Gasteiger partial charge on any atom is -0.390 e. The van der Waals surface area contributed by atoms with Crippen molar-refractivity contribution in [2.24, 2.45) is 35.5 Å². The van der Waals surface area contributed by atoms with Gasteiger partial charge in [0.1, 0.15) is 66.5 Å². The molecule has 0 aromatic heterocycles. The van der Waals surface area contributed by atoms with Crippen LogP contribution in [0.25, 0.3) is 0 Å². The van der Waals surface area contributed by atoms with Gasteiger partial charge in [-0.15, -0.1) is 0 Å². The number of nitrogens with zero attached hydrogens (tertiary/aromatic N) is 9. The molecule has 12 atom stereocenters. The number of carbonyl (C=O) groups is 11. The predicted octanol–water partition coefficient (Wildman–Crippen LogP) is 5.32. The molecule has 0 aliphatic carbocycles. The monoisotopic (exact) mass is 1430 g/mol. The molecule has 0 spiro atoms. The van der Waals surface area contributed by atoms with Crippen LogP contribution in [0.15, 0.2) is 12.2 Å². The molecule has 0 unspecified atom stereocenters. The van der Waals surface area contributed by atoms with Crippen molar-refractivity contribution in [3.8, 4) is 0 Å². The summed E-state index contributed by atoms with van der Waals surface area (Å²) < 4.78 is 0. The summed E-state index contributed by atoms with van der Waals surface area (Å²) in [7, 11) is 10.3. The van der Waals surface area contributed by atoms with Crippen LogP contribution in [0.3, 0.4) is 0 Å². The molecule has 0 aromatic carbocycles. The summed E-state index contributed by atoms with van der Waals surface area (Å²) in [5, 5.41) is 22.8. The van der Waals surface area contributed by atoms with E-state index in [9.17, 15) is 19.5 Å². The number of hydrogen-bond donors (Lipinski definition) is 5. The largest absolute Gasteiger partial charge is 0.390 e. The van der Waals surface area contributed by atoms with Crippen LogP contribution in [0.2, 0.25) is 0 Å². The van der Waals surface area contributed by atoms with Gasteiger partial charge in [-0.1, -0.05) is 95.2 Å². The fourth-order valence-electron chi connectivity index (χ4n) is 13.1. The van der Waals surface area contributed by atoms with Gasteiger partial charge >= 0.3 is 0 Å². The Morgan fingerprint density at radius 3 is 1.47 bits per heavy atom. The summed E-state index contributed by atoms with van der Waals surface area (Å²) in [6.45, 7) is 38.9. The van der Waals surface area contributed by atoms with Crippen molar-refractivity contribution in [1.82, 2.24) is 65.4 Å². The van der Waals surface area contributed by atoms with Gasteiger partial charge in [-0.05, 0) is 148 Å². The Morgan fingerprint density at radius 2 is 0.980 bits per heavy atom. The first-order chi connectivity index (χ1) is 46.4. The van der Waals surface area contributed by atoms with E-state index < -0.39 is 149 Å². The molecule has 100 heavy (non-hydrogen) atoms. The molecule has 0 radical (unpaired) electrons. The van der Waals surface area contributed by atoms with Gasteiger partial charge in [0.2, 0.25) is 65.0 Å². The molecular formula is C74H135N13O12S. The summed E-state index contributed by atoms with van der Waals surface area (Å²) in [6.07, 6.45) is 6.07. The van der Waals surface area contributed by atoms with Gasteiger partial charge < -0.3 is 65.6 Å². The highest BCUT2D eigenvalue weighted by Crippen LogP contribution is 2.27. The molecule has 25 nitrogen and oxygen atoms in total. The molecule has 0 saturated carbocycles. The maximum atomic E-state index is 15.6. The van der Waals surface area contributed by atoms with E-state index in [4.69, 9.17) is 0 Å². The predicted molar refractivity (Wildman–Crippen MR) is 397 cm³/mol. The number of allylic oxidation sites excluding steroid dienone is 2. The first-order valence-electron chi connectivity index (χ1n) is 36.8. The molecule has 0 bridgehead atoms. The standard InChI is InChI=1S/C74H135N13O12S/c1-27-29-31-51(15)42-56-65(90)77-54(28-2)68(93)84(25)60(44-100-39-30-34-86-35-37-87(38-36-86)50(13)14)71(96)83(24)59(43-74(18,19)99)66(91)78-61(48(9)10)72(97)79(20)55(33-32-45(3)4)64(89)75-52(16)63(88)76-53(17)67(92)81(22)57(40-46(5)6)69(94)82(23)58(41-47(7)8)70(95)85(26)62(49(11)12)73(98)80(56)21/h27,29,45-62,99H,28,30-44H2,1-26H3,(H,75,89)(H,76,88)(H,77,90)(H,78,91)/b29-27+/t51-,52-,53+,54-,55-,56-,57+,58-,59+,60-,61-,62-/m1/s1. The number of hydrogen-bond acceptors (Lipinski definition) is 15. The number of amides is 11. The normalized spacial score (nSPS) is 26.6. The first-order valence-corrected chi connectivity index (χ1v) is 38.0. The molecule has 26 heteroatoms. The minimum absolute atomic E-state index is 0.0640. The Bertz CT molecular complexity index is 2720. The maximum Gasteiger partial charge on any atom is 0.246 e. The van der Waals surface area contributed by atoms with E-state index in [0.29, 0.717) is 24.6 Å². The molecule has 2 rings (SSSR count). The van der Waals surface area contributed by atoms with Crippen molar-refractivity contribution < 1.29 is 57.8 Å². The first kappa shape index (κ1) is 90.2. The topological polar surface area (TPSA) is 285 Å². The zero-order chi connectivity index (χ0) is 76.7. The van der Waals surface area contributed by atoms with Crippen molar-refractivity contribution in [3.05, 3.63) is 12.2 Å².